The zero-order valence-electron chi connectivity index (χ0n) is 24.7. The van der Waals surface area contributed by atoms with E-state index in [4.69, 9.17) is 0 Å². The zero-order chi connectivity index (χ0) is 28.3. The van der Waals surface area contributed by atoms with Crippen LogP contribution in [0.4, 0.5) is 5.95 Å². The summed E-state index contributed by atoms with van der Waals surface area (Å²) >= 11 is 0. The Hall–Kier alpha value is -1.23. The van der Waals surface area contributed by atoms with E-state index in [9.17, 15) is 18.6 Å². The maximum atomic E-state index is 12.1. The van der Waals surface area contributed by atoms with Crippen molar-refractivity contribution in [3.05, 3.63) is 5.82 Å². The molecule has 10 heteroatoms. The Balaban J connectivity index is 1.28. The molecule has 11 atom stereocenters. The van der Waals surface area contributed by atoms with Crippen molar-refractivity contribution >= 4 is 16.2 Å². The lowest BCUT2D eigenvalue weighted by atomic mass is 9.41. The molecule has 0 bridgehead atoms. The van der Waals surface area contributed by atoms with E-state index in [1.165, 1.54) is 39.8 Å². The van der Waals surface area contributed by atoms with E-state index in [0.717, 1.165) is 42.8 Å². The summed E-state index contributed by atoms with van der Waals surface area (Å²) in [5.41, 5.74) is 0.456. The normalized spacial score (nSPS) is 43.0. The Kier molecular flexibility index (Phi) is 7.92. The van der Waals surface area contributed by atoms with Crippen LogP contribution in [-0.4, -0.2) is 64.4 Å². The highest BCUT2D eigenvalue weighted by Gasteiger charge is 2.64. The second kappa shape index (κ2) is 10.6. The lowest BCUT2D eigenvalue weighted by Gasteiger charge is -2.64. The maximum Gasteiger partial charge on any atom is 0.303 e. The summed E-state index contributed by atoms with van der Waals surface area (Å²) in [5.74, 6) is 4.07. The molecule has 4 N–H and O–H groups in total. The van der Waals surface area contributed by atoms with E-state index in [-0.39, 0.29) is 34.9 Å². The van der Waals surface area contributed by atoms with E-state index in [2.05, 4.69) is 47.6 Å². The predicted octanol–water partition coefficient (Wildman–Crippen LogP) is 4.22. The van der Waals surface area contributed by atoms with E-state index >= 15 is 0 Å². The number of nitrogens with one attached hydrogen (secondary N) is 2. The van der Waals surface area contributed by atoms with Crippen molar-refractivity contribution in [1.29, 1.82) is 0 Å². The van der Waals surface area contributed by atoms with Crippen LogP contribution in [-0.2, 0) is 16.6 Å². The molecule has 0 radical (unpaired) electrons. The molecule has 0 aliphatic heterocycles. The third-order valence-corrected chi connectivity index (χ3v) is 13.6. The van der Waals surface area contributed by atoms with Crippen LogP contribution in [0.1, 0.15) is 91.3 Å². The first kappa shape index (κ1) is 29.3. The first-order valence-corrected chi connectivity index (χ1v) is 16.7. The second-order valence-electron chi connectivity index (χ2n) is 14.1. The van der Waals surface area contributed by atoms with Crippen molar-refractivity contribution in [2.24, 2.45) is 52.3 Å². The average molecular weight is 566 g/mol. The number of H-pyrrole nitrogens is 1. The van der Waals surface area contributed by atoms with Crippen LogP contribution in [0.2, 0.25) is 0 Å². The van der Waals surface area contributed by atoms with Crippen molar-refractivity contribution in [3.63, 3.8) is 0 Å². The second-order valence-corrected chi connectivity index (χ2v) is 16.0. The van der Waals surface area contributed by atoms with E-state index in [1.54, 1.807) is 0 Å². The molecule has 1 aromatic heterocycles. The molecule has 0 spiro atoms. The fourth-order valence-corrected chi connectivity index (χ4v) is 10.7. The Morgan fingerprint density at radius 2 is 1.77 bits per heavy atom. The molecule has 4 aliphatic rings. The molecule has 1 aromatic rings. The fraction of sp³-hybridized carbons (Fsp3) is 0.931. The van der Waals surface area contributed by atoms with Crippen molar-refractivity contribution < 1.29 is 18.6 Å². The highest BCUT2D eigenvalue weighted by Crippen LogP contribution is 2.69. The maximum absolute atomic E-state index is 12.1. The van der Waals surface area contributed by atoms with Gasteiger partial charge in [0.15, 0.2) is 0 Å². The number of aromatic nitrogens is 3. The summed E-state index contributed by atoms with van der Waals surface area (Å²) in [6.45, 7) is 9.61. The highest BCUT2D eigenvalue weighted by molar-refractivity contribution is 7.90. The summed E-state index contributed by atoms with van der Waals surface area (Å²) in [4.78, 5) is 4.37. The minimum atomic E-state index is -3.63. The van der Waals surface area contributed by atoms with E-state index in [1.807, 2.05) is 0 Å². The van der Waals surface area contributed by atoms with Gasteiger partial charge in [0.25, 0.3) is 5.95 Å². The molecule has 1 heterocycles. The fourth-order valence-electron chi connectivity index (χ4n) is 10.2. The summed E-state index contributed by atoms with van der Waals surface area (Å²) < 4.78 is 27.7. The van der Waals surface area contributed by atoms with Gasteiger partial charge in [-0.2, -0.15) is 17.7 Å². The van der Waals surface area contributed by atoms with Gasteiger partial charge in [-0.25, -0.2) is 4.72 Å². The van der Waals surface area contributed by atoms with Gasteiger partial charge in [0, 0.05) is 20.5 Å². The Morgan fingerprint density at radius 1 is 1.08 bits per heavy atom. The Bertz CT molecular complexity index is 1130. The van der Waals surface area contributed by atoms with Crippen LogP contribution in [0.5, 0.6) is 0 Å². The lowest BCUT2D eigenvalue weighted by molar-refractivity contribution is -0.203. The Morgan fingerprint density at radius 3 is 2.46 bits per heavy atom. The van der Waals surface area contributed by atoms with E-state index < -0.39 is 10.2 Å². The van der Waals surface area contributed by atoms with Gasteiger partial charge in [0.1, 0.15) is 5.82 Å². The number of aryl methyl sites for hydroxylation is 1. The molecule has 0 amide bonds. The number of hydrogen-bond acceptors (Lipinski definition) is 6. The van der Waals surface area contributed by atoms with Gasteiger partial charge in [-0.1, -0.05) is 34.1 Å². The summed E-state index contributed by atoms with van der Waals surface area (Å²) in [6, 6.07) is 0. The first-order valence-electron chi connectivity index (χ1n) is 15.3. The molecule has 0 aromatic carbocycles. The van der Waals surface area contributed by atoms with Crippen LogP contribution >= 0.6 is 0 Å². The van der Waals surface area contributed by atoms with Gasteiger partial charge >= 0.3 is 10.2 Å². The lowest BCUT2D eigenvalue weighted by Crippen LogP contribution is -2.62. The number of nitrogens with zero attached hydrogens (tertiary/aromatic N) is 3. The number of aliphatic hydroxyl groups is 2. The molecular weight excluding hydrogens is 514 g/mol. The number of fused-ring (bicyclic) bond motifs is 5. The van der Waals surface area contributed by atoms with Crippen molar-refractivity contribution in [3.8, 4) is 0 Å². The molecule has 0 saturated heterocycles. The minimum Gasteiger partial charge on any atom is -0.393 e. The molecule has 1 unspecified atom stereocenters. The van der Waals surface area contributed by atoms with Gasteiger partial charge in [-0.3, -0.25) is 5.10 Å². The highest BCUT2D eigenvalue weighted by atomic mass is 32.2. The number of aliphatic hydroxyl groups excluding tert-OH is 2. The van der Waals surface area contributed by atoms with Crippen LogP contribution in [0.15, 0.2) is 0 Å². The monoisotopic (exact) mass is 565 g/mol. The van der Waals surface area contributed by atoms with Crippen LogP contribution in [0, 0.1) is 52.3 Å². The zero-order valence-corrected chi connectivity index (χ0v) is 25.5. The van der Waals surface area contributed by atoms with Crippen LogP contribution in [0.3, 0.4) is 0 Å². The molecule has 222 valence electrons. The average Bonchev–Trinajstić information content (AvgIpc) is 3.47. The van der Waals surface area contributed by atoms with Gasteiger partial charge < -0.3 is 10.2 Å². The predicted molar refractivity (Wildman–Crippen MR) is 152 cm³/mol. The van der Waals surface area contributed by atoms with E-state index in [0.29, 0.717) is 41.3 Å². The number of rotatable bonds is 8. The van der Waals surface area contributed by atoms with Gasteiger partial charge in [0.2, 0.25) is 0 Å². The molecule has 4 aliphatic carbocycles. The van der Waals surface area contributed by atoms with Gasteiger partial charge in [-0.05, 0) is 104 Å². The third-order valence-electron chi connectivity index (χ3n) is 12.2. The van der Waals surface area contributed by atoms with Gasteiger partial charge in [-0.15, -0.1) is 5.10 Å². The molecular formula is C29H51N5O4S. The van der Waals surface area contributed by atoms with Gasteiger partial charge in [0.05, 0.1) is 12.2 Å². The van der Waals surface area contributed by atoms with Crippen molar-refractivity contribution in [2.75, 3.05) is 18.8 Å². The summed E-state index contributed by atoms with van der Waals surface area (Å²) in [6.07, 6.45) is 9.89. The number of aromatic amines is 1. The molecule has 5 rings (SSSR count). The molecule has 4 saturated carbocycles. The molecule has 39 heavy (non-hydrogen) atoms. The Labute approximate surface area is 235 Å². The quantitative estimate of drug-likeness (QED) is 0.373. The SMILES string of the molecule is CC[C@H]1[C@@H](O)[C@@H]2[C@H](CC[C@]3(C)C([C@H](C)CCc4nc(NS(=O)(=O)N(C)C)n[nH]4)CC[C@@H]23)[C@@]2(C)CC[C@@H](O)C[C@@H]12. The topological polar surface area (TPSA) is 131 Å². The van der Waals surface area contributed by atoms with Crippen LogP contribution in [0.25, 0.3) is 0 Å². The smallest absolute Gasteiger partial charge is 0.303 e. The standard InChI is InChI=1S/C29H51N5O4S/c1-7-19-23-16-18(35)12-14-29(23,4)22-13-15-28(3)20(9-10-21(28)25(22)26(19)36)17(2)8-11-24-30-27(32-31-24)33-39(37,38)34(5)6/h17-23,25-26,35-36H,7-16H2,1-6H3,(H2,30,31,32,33)/t17-,18-,19-,20?,21+,22+,23+,25+,26-,28-,29-/m1/s1. The summed E-state index contributed by atoms with van der Waals surface area (Å²) in [5, 5.41) is 29.4. The largest absolute Gasteiger partial charge is 0.393 e. The number of hydrogen-bond donors (Lipinski definition) is 4. The van der Waals surface area contributed by atoms with Crippen molar-refractivity contribution in [2.45, 2.75) is 104 Å². The molecule has 4 fully saturated rings. The third kappa shape index (κ3) is 4.95. The number of anilines is 1. The molecule has 9 nitrogen and oxygen atoms in total. The van der Waals surface area contributed by atoms with Crippen LogP contribution < -0.4 is 4.72 Å². The summed E-state index contributed by atoms with van der Waals surface area (Å²) in [7, 11) is -0.702. The van der Waals surface area contributed by atoms with Crippen molar-refractivity contribution in [1.82, 2.24) is 19.5 Å². The minimum absolute atomic E-state index is 0.0800. The first-order chi connectivity index (χ1) is 18.3.